The maximum atomic E-state index is 13.4. The summed E-state index contributed by atoms with van der Waals surface area (Å²) in [4.78, 5) is 24.9. The van der Waals surface area contributed by atoms with E-state index in [1.54, 1.807) is 0 Å². The monoisotopic (exact) mass is 725 g/mol. The molecule has 0 spiro atoms. The van der Waals surface area contributed by atoms with Crippen LogP contribution < -0.4 is 14.9 Å². The Kier molecular flexibility index (Phi) is 9.62. The number of azo groups is 1. The van der Waals surface area contributed by atoms with E-state index in [1.165, 1.54) is 60.7 Å². The molecule has 0 saturated heterocycles. The van der Waals surface area contributed by atoms with E-state index in [-0.39, 0.29) is 82.5 Å². The van der Waals surface area contributed by atoms with Gasteiger partial charge in [-0.2, -0.15) is 0 Å². The van der Waals surface area contributed by atoms with Crippen molar-refractivity contribution < 1.29 is 74.5 Å². The fourth-order valence-electron chi connectivity index (χ4n) is 3.93. The summed E-state index contributed by atoms with van der Waals surface area (Å²) in [6, 6.07) is 14.4. The number of aromatic carboxylic acids is 2. The number of nitrogens with zero attached hydrogens (tertiary/aromatic N) is 4. The van der Waals surface area contributed by atoms with Gasteiger partial charge >= 0.3 is 11.9 Å². The number of sulfonamides is 2. The van der Waals surface area contributed by atoms with Crippen LogP contribution in [-0.2, 0) is 52.8 Å². The summed E-state index contributed by atoms with van der Waals surface area (Å²) in [6.45, 7) is 0. The molecule has 6 N–H and O–H groups in total. The molecular weight excluding hydrogens is 707 g/mol. The first-order valence-corrected chi connectivity index (χ1v) is 15.0. The molecule has 19 heteroatoms. The molecule has 0 unspecified atom stereocenters. The number of anilines is 3. The van der Waals surface area contributed by atoms with Crippen LogP contribution in [0.25, 0.3) is 10.8 Å². The number of fused-ring (bicyclic) bond motifs is 1. The van der Waals surface area contributed by atoms with Gasteiger partial charge in [0.2, 0.25) is 0 Å². The number of rotatable bonds is 10. The van der Waals surface area contributed by atoms with Gasteiger partial charge in [0.15, 0.2) is 5.75 Å². The van der Waals surface area contributed by atoms with E-state index in [2.05, 4.69) is 41.5 Å². The SMILES string of the molecule is O=C(O)c1ccc(NS(=O)(=O)c2ccc3c(N/N=C4/N=[C-]N=N4)c(O)c(S(=O)(=O)Nc4ccc(C(=O)O)cc4)cc3c2)cc1.[Y]. The molecule has 0 saturated carbocycles. The fourth-order valence-corrected chi connectivity index (χ4v) is 6.22. The average molecular weight is 726 g/mol. The van der Waals surface area contributed by atoms with Crippen molar-refractivity contribution in [3.8, 4) is 5.75 Å². The largest absolute Gasteiger partial charge is 0.504 e. The molecule has 227 valence electrons. The number of aliphatic imine (C=N–C) groups is 1. The van der Waals surface area contributed by atoms with E-state index in [4.69, 9.17) is 10.2 Å². The minimum Gasteiger partial charge on any atom is -0.504 e. The van der Waals surface area contributed by atoms with Gasteiger partial charge in [0.25, 0.3) is 20.0 Å². The first-order chi connectivity index (χ1) is 20.8. The van der Waals surface area contributed by atoms with E-state index in [9.17, 15) is 31.5 Å². The molecule has 1 radical (unpaired) electrons. The molecule has 0 aromatic heterocycles. The van der Waals surface area contributed by atoms with Crippen LogP contribution in [0, 0.1) is 0 Å². The van der Waals surface area contributed by atoms with Gasteiger partial charge in [-0.1, -0.05) is 6.07 Å². The maximum Gasteiger partial charge on any atom is 0.335 e. The second-order valence-electron chi connectivity index (χ2n) is 8.89. The topological polar surface area (TPSA) is 249 Å². The second kappa shape index (κ2) is 13.1. The van der Waals surface area contributed by atoms with Crippen molar-refractivity contribution >= 4 is 72.1 Å². The van der Waals surface area contributed by atoms with Crippen molar-refractivity contribution in [1.82, 2.24) is 0 Å². The minimum absolute atomic E-state index is 0. The molecule has 0 bridgehead atoms. The minimum atomic E-state index is -4.56. The average Bonchev–Trinajstić information content (AvgIpc) is 3.50. The molecule has 0 aliphatic carbocycles. The van der Waals surface area contributed by atoms with Crippen LogP contribution in [-0.4, -0.2) is 56.4 Å². The molecule has 4 aromatic rings. The van der Waals surface area contributed by atoms with Gasteiger partial charge in [0, 0.05) is 49.5 Å². The molecular formula is C26H18N7O9S2Y-. The zero-order valence-corrected chi connectivity index (χ0v) is 26.9. The molecule has 0 atom stereocenters. The van der Waals surface area contributed by atoms with Crippen LogP contribution in [0.4, 0.5) is 17.1 Å². The number of phenols is 1. The third kappa shape index (κ3) is 7.31. The van der Waals surface area contributed by atoms with E-state index in [0.29, 0.717) is 0 Å². The second-order valence-corrected chi connectivity index (χ2v) is 12.2. The Balaban J connectivity index is 0.00000461. The number of aromatic hydroxyl groups is 1. The molecule has 1 aliphatic heterocycles. The summed E-state index contributed by atoms with van der Waals surface area (Å²) in [5.74, 6) is -3.39. The van der Waals surface area contributed by atoms with Crippen LogP contribution in [0.15, 0.2) is 103 Å². The molecule has 4 aromatic carbocycles. The van der Waals surface area contributed by atoms with Crippen molar-refractivity contribution in [2.75, 3.05) is 14.9 Å². The van der Waals surface area contributed by atoms with Crippen molar-refractivity contribution in [3.05, 3.63) is 83.9 Å². The predicted molar refractivity (Wildman–Crippen MR) is 157 cm³/mol. The zero-order valence-electron chi connectivity index (χ0n) is 22.4. The van der Waals surface area contributed by atoms with Crippen molar-refractivity contribution in [2.24, 2.45) is 20.3 Å². The number of benzene rings is 4. The summed E-state index contributed by atoms with van der Waals surface area (Å²) < 4.78 is 57.8. The molecule has 1 heterocycles. The first-order valence-electron chi connectivity index (χ1n) is 12.1. The van der Waals surface area contributed by atoms with Crippen LogP contribution in [0.3, 0.4) is 0 Å². The first kappa shape index (κ1) is 33.1. The van der Waals surface area contributed by atoms with Gasteiger partial charge in [0.1, 0.15) is 16.5 Å². The third-order valence-electron chi connectivity index (χ3n) is 6.02. The van der Waals surface area contributed by atoms with Crippen LogP contribution in [0.5, 0.6) is 5.75 Å². The van der Waals surface area contributed by atoms with E-state index < -0.39 is 42.6 Å². The van der Waals surface area contributed by atoms with Crippen LogP contribution in [0.1, 0.15) is 20.7 Å². The van der Waals surface area contributed by atoms with Gasteiger partial charge in [-0.25, -0.2) is 36.6 Å². The molecule has 5 rings (SSSR count). The van der Waals surface area contributed by atoms with Crippen LogP contribution in [0.2, 0.25) is 0 Å². The number of carbonyl (C=O) groups is 2. The standard InChI is InChI=1S/C26H18N7O9S2.Y/c34-23-21(44(41,42)33-18-7-3-15(4-8-18)25(37)38)12-16-11-19(9-10-20(16)22(23)29-31-26-27-13-28-30-26)43(39,40)32-17-5-1-14(2-6-17)24(35)36;/h1-12,29,32-34H,(H,35,36)(H,37,38);/q-1;/b31-26-;. The normalized spacial score (nSPS) is 13.4. The van der Waals surface area contributed by atoms with Gasteiger partial charge in [0.05, 0.1) is 16.0 Å². The van der Waals surface area contributed by atoms with E-state index in [0.717, 1.165) is 12.1 Å². The smallest absolute Gasteiger partial charge is 0.335 e. The Morgan fingerprint density at radius 3 is 1.84 bits per heavy atom. The quantitative estimate of drug-likeness (QED) is 0.0787. The number of phenolic OH excluding ortho intramolecular Hbond substituents is 1. The summed E-state index contributed by atoms with van der Waals surface area (Å²) in [5, 5.41) is 40.3. The number of carboxylic acids is 2. The van der Waals surface area contributed by atoms with Gasteiger partial charge in [-0.3, -0.25) is 20.0 Å². The molecule has 45 heavy (non-hydrogen) atoms. The Bertz CT molecular complexity index is 2120. The third-order valence-corrected chi connectivity index (χ3v) is 8.79. The Morgan fingerprint density at radius 2 is 1.33 bits per heavy atom. The van der Waals surface area contributed by atoms with E-state index >= 15 is 0 Å². The Labute approximate surface area is 279 Å². The number of hydrogen-bond acceptors (Lipinski definition) is 10. The summed E-state index contributed by atoms with van der Waals surface area (Å²) >= 11 is 0. The van der Waals surface area contributed by atoms with Crippen molar-refractivity contribution in [1.29, 1.82) is 0 Å². The number of carboxylic acid groups (broad SMARTS) is 2. The van der Waals surface area contributed by atoms with E-state index in [1.807, 2.05) is 0 Å². The predicted octanol–water partition coefficient (Wildman–Crippen LogP) is 3.59. The van der Waals surface area contributed by atoms with Crippen molar-refractivity contribution in [2.45, 2.75) is 9.79 Å². The molecule has 16 nitrogen and oxygen atoms in total. The van der Waals surface area contributed by atoms with Crippen LogP contribution >= 0.6 is 0 Å². The van der Waals surface area contributed by atoms with Gasteiger partial charge < -0.3 is 20.3 Å². The summed E-state index contributed by atoms with van der Waals surface area (Å²) in [6.07, 6.45) is 2.19. The summed E-state index contributed by atoms with van der Waals surface area (Å²) in [5.41, 5.74) is 2.16. The number of guanidine groups is 1. The maximum absolute atomic E-state index is 13.4. The molecule has 1 aliphatic rings. The van der Waals surface area contributed by atoms with Gasteiger partial charge in [-0.05, 0) is 78.5 Å². The Hall–Kier alpha value is -4.78. The summed E-state index contributed by atoms with van der Waals surface area (Å²) in [7, 11) is -8.83. The Morgan fingerprint density at radius 1 is 0.778 bits per heavy atom. The van der Waals surface area contributed by atoms with Gasteiger partial charge in [-0.15, -0.1) is 0 Å². The number of hydrogen-bond donors (Lipinski definition) is 6. The van der Waals surface area contributed by atoms with Crippen molar-refractivity contribution in [3.63, 3.8) is 0 Å². The number of nitrogens with one attached hydrogen (secondary N) is 3. The molecule has 0 fully saturated rings. The zero-order chi connectivity index (χ0) is 31.6. The number of hydrazone groups is 1. The fraction of sp³-hybridized carbons (Fsp3) is 0. The molecule has 0 amide bonds.